The molecule has 150 valence electrons. The highest BCUT2D eigenvalue weighted by Crippen LogP contribution is 2.34. The number of benzene rings is 2. The Morgan fingerprint density at radius 2 is 1.61 bits per heavy atom. The minimum atomic E-state index is -4.30. The second-order valence-corrected chi connectivity index (χ2v) is 8.45. The topological polar surface area (TPSA) is 3.24 Å². The second-order valence-electron chi connectivity index (χ2n) is 8.45. The molecule has 4 rings (SSSR count). The maximum absolute atomic E-state index is 13.0. The van der Waals surface area contributed by atoms with Crippen LogP contribution in [0.4, 0.5) is 13.2 Å². The summed E-state index contributed by atoms with van der Waals surface area (Å²) in [5.41, 5.74) is 2.18. The molecule has 1 heterocycles. The Kier molecular flexibility index (Phi) is 5.77. The largest absolute Gasteiger partial charge is 0.416 e. The van der Waals surface area contributed by atoms with Gasteiger partial charge in [0.1, 0.15) is 0 Å². The molecule has 0 N–H and O–H groups in total. The highest BCUT2D eigenvalue weighted by atomic mass is 19.4. The summed E-state index contributed by atoms with van der Waals surface area (Å²) in [5, 5.41) is 0. The van der Waals surface area contributed by atoms with Crippen LogP contribution >= 0.6 is 0 Å². The average Bonchev–Trinajstić information content (AvgIpc) is 3.21. The maximum atomic E-state index is 13.0. The van der Waals surface area contributed by atoms with Crippen LogP contribution in [0, 0.1) is 5.92 Å². The summed E-state index contributed by atoms with van der Waals surface area (Å²) in [7, 11) is 0. The predicted molar refractivity (Wildman–Crippen MR) is 107 cm³/mol. The lowest BCUT2D eigenvalue weighted by Gasteiger charge is -2.34. The van der Waals surface area contributed by atoms with Gasteiger partial charge in [0.25, 0.3) is 0 Å². The summed E-state index contributed by atoms with van der Waals surface area (Å²) >= 11 is 0. The van der Waals surface area contributed by atoms with Crippen LogP contribution in [-0.2, 0) is 6.18 Å². The van der Waals surface area contributed by atoms with E-state index in [4.69, 9.17) is 0 Å². The molecule has 2 aromatic rings. The van der Waals surface area contributed by atoms with E-state index in [0.29, 0.717) is 11.5 Å². The molecule has 0 amide bonds. The summed E-state index contributed by atoms with van der Waals surface area (Å²) in [6.07, 6.45) is 3.66. The molecule has 28 heavy (non-hydrogen) atoms. The lowest BCUT2D eigenvalue weighted by molar-refractivity contribution is -0.137. The number of hydrogen-bond acceptors (Lipinski definition) is 1. The standard InChI is InChI=1S/C24H28F3N/c25-24(26,27)23-9-3-7-21(15-23)19-10-12-20(13-11-19)22-8-4-14-28(17-22)16-18-5-1-2-6-18/h3,7,9-13,15,18,22H,1-2,4-6,8,14,16-17H2/t22-/m1/s1. The first kappa shape index (κ1) is 19.5. The summed E-state index contributed by atoms with van der Waals surface area (Å²) in [4.78, 5) is 2.63. The van der Waals surface area contributed by atoms with Crippen LogP contribution in [0.2, 0.25) is 0 Å². The molecular formula is C24H28F3N. The normalized spacial score (nSPS) is 21.9. The molecular weight excluding hydrogens is 359 g/mol. The molecule has 0 unspecified atom stereocenters. The number of hydrogen-bond donors (Lipinski definition) is 0. The Morgan fingerprint density at radius 3 is 2.32 bits per heavy atom. The van der Waals surface area contributed by atoms with Gasteiger partial charge in [0.15, 0.2) is 0 Å². The van der Waals surface area contributed by atoms with E-state index in [0.717, 1.165) is 24.1 Å². The van der Waals surface area contributed by atoms with Crippen molar-refractivity contribution in [2.75, 3.05) is 19.6 Å². The molecule has 0 radical (unpaired) electrons. The number of alkyl halides is 3. The molecule has 2 aromatic carbocycles. The fourth-order valence-corrected chi connectivity index (χ4v) is 4.87. The zero-order chi connectivity index (χ0) is 19.6. The predicted octanol–water partition coefficient (Wildman–Crippen LogP) is 6.74. The van der Waals surface area contributed by atoms with Gasteiger partial charge in [-0.15, -0.1) is 0 Å². The number of halogens is 3. The first-order valence-electron chi connectivity index (χ1n) is 10.5. The summed E-state index contributed by atoms with van der Waals surface area (Å²) in [5.74, 6) is 1.41. The number of likely N-dealkylation sites (tertiary alicyclic amines) is 1. The van der Waals surface area contributed by atoms with Gasteiger partial charge < -0.3 is 4.90 Å². The summed E-state index contributed by atoms with van der Waals surface area (Å²) in [6.45, 7) is 3.55. The smallest absolute Gasteiger partial charge is 0.302 e. The molecule has 4 heteroatoms. The van der Waals surface area contributed by atoms with Crippen molar-refractivity contribution in [1.29, 1.82) is 0 Å². The Labute approximate surface area is 165 Å². The van der Waals surface area contributed by atoms with E-state index < -0.39 is 11.7 Å². The molecule has 1 aliphatic carbocycles. The fraction of sp³-hybridized carbons (Fsp3) is 0.500. The molecule has 1 aliphatic heterocycles. The van der Waals surface area contributed by atoms with Crippen LogP contribution < -0.4 is 0 Å². The molecule has 2 aliphatic rings. The van der Waals surface area contributed by atoms with E-state index in [1.807, 2.05) is 12.1 Å². The highest BCUT2D eigenvalue weighted by molar-refractivity contribution is 5.64. The number of rotatable bonds is 4. The van der Waals surface area contributed by atoms with Gasteiger partial charge in [-0.1, -0.05) is 49.2 Å². The van der Waals surface area contributed by atoms with Crippen LogP contribution in [0.5, 0.6) is 0 Å². The van der Waals surface area contributed by atoms with Crippen LogP contribution in [-0.4, -0.2) is 24.5 Å². The van der Waals surface area contributed by atoms with Gasteiger partial charge in [-0.3, -0.25) is 0 Å². The zero-order valence-electron chi connectivity index (χ0n) is 16.2. The van der Waals surface area contributed by atoms with Crippen molar-refractivity contribution in [3.63, 3.8) is 0 Å². The maximum Gasteiger partial charge on any atom is 0.416 e. The van der Waals surface area contributed by atoms with Crippen LogP contribution in [0.15, 0.2) is 48.5 Å². The molecule has 2 fully saturated rings. The van der Waals surface area contributed by atoms with E-state index in [-0.39, 0.29) is 0 Å². The monoisotopic (exact) mass is 387 g/mol. The molecule has 0 aromatic heterocycles. The number of piperidine rings is 1. The molecule has 1 nitrogen and oxygen atoms in total. The highest BCUT2D eigenvalue weighted by Gasteiger charge is 2.30. The molecule has 1 atom stereocenters. The SMILES string of the molecule is FC(F)(F)c1cccc(-c2ccc([C@@H]3CCCN(CC4CCCC4)C3)cc2)c1. The van der Waals surface area contributed by atoms with E-state index in [2.05, 4.69) is 17.0 Å². The Hall–Kier alpha value is -1.81. The van der Waals surface area contributed by atoms with E-state index >= 15 is 0 Å². The quantitative estimate of drug-likeness (QED) is 0.561. The summed E-state index contributed by atoms with van der Waals surface area (Å²) in [6, 6.07) is 13.8. The van der Waals surface area contributed by atoms with E-state index in [9.17, 15) is 13.2 Å². The Balaban J connectivity index is 1.44. The molecule has 1 saturated heterocycles. The number of nitrogens with zero attached hydrogens (tertiary/aromatic N) is 1. The summed E-state index contributed by atoms with van der Waals surface area (Å²) < 4.78 is 38.9. The first-order valence-corrected chi connectivity index (χ1v) is 10.5. The molecule has 1 saturated carbocycles. The third-order valence-corrected chi connectivity index (χ3v) is 6.40. The van der Waals surface area contributed by atoms with Crippen LogP contribution in [0.25, 0.3) is 11.1 Å². The molecule has 0 spiro atoms. The van der Waals surface area contributed by atoms with E-state index in [1.54, 1.807) is 6.07 Å². The lowest BCUT2D eigenvalue weighted by atomic mass is 9.89. The third-order valence-electron chi connectivity index (χ3n) is 6.40. The van der Waals surface area contributed by atoms with Crippen molar-refractivity contribution in [1.82, 2.24) is 4.90 Å². The van der Waals surface area contributed by atoms with Gasteiger partial charge in [-0.05, 0) is 72.9 Å². The third kappa shape index (κ3) is 4.60. The first-order chi connectivity index (χ1) is 13.5. The second kappa shape index (κ2) is 8.28. The Bertz CT molecular complexity index is 775. The fourth-order valence-electron chi connectivity index (χ4n) is 4.87. The molecule has 0 bridgehead atoms. The minimum absolute atomic E-state index is 0.533. The van der Waals surface area contributed by atoms with Gasteiger partial charge in [0.2, 0.25) is 0 Å². The van der Waals surface area contributed by atoms with Crippen molar-refractivity contribution in [3.05, 3.63) is 59.7 Å². The Morgan fingerprint density at radius 1 is 0.857 bits per heavy atom. The van der Waals surface area contributed by atoms with E-state index in [1.165, 1.54) is 69.3 Å². The van der Waals surface area contributed by atoms with Gasteiger partial charge >= 0.3 is 6.18 Å². The van der Waals surface area contributed by atoms with Crippen LogP contribution in [0.1, 0.15) is 55.6 Å². The van der Waals surface area contributed by atoms with Gasteiger partial charge in [-0.25, -0.2) is 0 Å². The van der Waals surface area contributed by atoms with Crippen molar-refractivity contribution < 1.29 is 13.2 Å². The van der Waals surface area contributed by atoms with Crippen molar-refractivity contribution in [3.8, 4) is 11.1 Å². The van der Waals surface area contributed by atoms with Crippen molar-refractivity contribution >= 4 is 0 Å². The average molecular weight is 387 g/mol. The lowest BCUT2D eigenvalue weighted by Crippen LogP contribution is -2.37. The van der Waals surface area contributed by atoms with Gasteiger partial charge in [-0.2, -0.15) is 13.2 Å². The van der Waals surface area contributed by atoms with Crippen molar-refractivity contribution in [2.24, 2.45) is 5.92 Å². The van der Waals surface area contributed by atoms with Crippen molar-refractivity contribution in [2.45, 2.75) is 50.6 Å². The van der Waals surface area contributed by atoms with Crippen LogP contribution in [0.3, 0.4) is 0 Å². The van der Waals surface area contributed by atoms with Gasteiger partial charge in [0.05, 0.1) is 5.56 Å². The zero-order valence-corrected chi connectivity index (χ0v) is 16.2. The van der Waals surface area contributed by atoms with Gasteiger partial charge in [0, 0.05) is 13.1 Å². The minimum Gasteiger partial charge on any atom is -0.302 e.